The van der Waals surface area contributed by atoms with Crippen LogP contribution in [0.5, 0.6) is 0 Å². The Morgan fingerprint density at radius 1 is 1.36 bits per heavy atom. The Hall–Kier alpha value is -1.92. The summed E-state index contributed by atoms with van der Waals surface area (Å²) in [5, 5.41) is 16.1. The van der Waals surface area contributed by atoms with E-state index in [2.05, 4.69) is 5.32 Å². The van der Waals surface area contributed by atoms with Crippen LogP contribution in [-0.2, 0) is 0 Å². The van der Waals surface area contributed by atoms with Crippen molar-refractivity contribution in [2.24, 2.45) is 5.92 Å². The molecule has 2 aromatic rings. The van der Waals surface area contributed by atoms with E-state index in [0.29, 0.717) is 0 Å². The average molecular weight is 339 g/mol. The maximum atomic E-state index is 12.4. The summed E-state index contributed by atoms with van der Waals surface area (Å²) in [6.07, 6.45) is 0. The molecule has 5 nitrogen and oxygen atoms in total. The molecule has 0 aliphatic heterocycles. The smallest absolute Gasteiger partial charge is 0.283 e. The summed E-state index contributed by atoms with van der Waals surface area (Å²) in [7, 11) is 0. The van der Waals surface area contributed by atoms with Crippen LogP contribution in [0.1, 0.15) is 35.1 Å². The summed E-state index contributed by atoms with van der Waals surface area (Å²) in [5.41, 5.74) is -0.282. The summed E-state index contributed by atoms with van der Waals surface area (Å²) >= 11 is 7.31. The number of carbonyl (C=O) groups excluding carboxylic acids is 1. The Morgan fingerprint density at radius 2 is 2.09 bits per heavy atom. The average Bonchev–Trinajstić information content (AvgIpc) is 2.97. The number of amides is 1. The molecule has 1 amide bonds. The third kappa shape index (κ3) is 3.64. The monoisotopic (exact) mass is 338 g/mol. The van der Waals surface area contributed by atoms with Gasteiger partial charge in [0, 0.05) is 16.0 Å². The van der Waals surface area contributed by atoms with E-state index >= 15 is 0 Å². The molecule has 0 fully saturated rings. The van der Waals surface area contributed by atoms with Gasteiger partial charge in [0.15, 0.2) is 0 Å². The molecule has 0 radical (unpaired) electrons. The van der Waals surface area contributed by atoms with Crippen LogP contribution in [0.2, 0.25) is 5.02 Å². The highest BCUT2D eigenvalue weighted by molar-refractivity contribution is 7.10. The second kappa shape index (κ2) is 6.89. The van der Waals surface area contributed by atoms with Crippen LogP contribution in [0, 0.1) is 16.0 Å². The van der Waals surface area contributed by atoms with Gasteiger partial charge in [0.25, 0.3) is 11.6 Å². The number of halogens is 1. The number of nitro benzene ring substituents is 1. The number of hydrogen-bond acceptors (Lipinski definition) is 4. The van der Waals surface area contributed by atoms with Gasteiger partial charge in [-0.3, -0.25) is 14.9 Å². The number of nitrogens with one attached hydrogen (secondary N) is 1. The van der Waals surface area contributed by atoms with Gasteiger partial charge in [0.1, 0.15) is 5.56 Å². The maximum Gasteiger partial charge on any atom is 0.283 e. The third-order valence-electron chi connectivity index (χ3n) is 3.20. The van der Waals surface area contributed by atoms with Crippen molar-refractivity contribution >= 4 is 34.5 Å². The standard InChI is InChI=1S/C15H15ClN2O3S/c1-9(2)14(13-4-3-7-22-13)17-15(19)11-6-5-10(16)8-12(11)18(20)21/h3-9,14H,1-2H3,(H,17,19)/t14-/m0/s1. The van der Waals surface area contributed by atoms with Crippen LogP contribution >= 0.6 is 22.9 Å². The second-order valence-electron chi connectivity index (χ2n) is 5.13. The molecule has 2 rings (SSSR count). The molecule has 1 heterocycles. The molecule has 0 bridgehead atoms. The van der Waals surface area contributed by atoms with Crippen molar-refractivity contribution in [3.05, 3.63) is 61.3 Å². The van der Waals surface area contributed by atoms with Crippen molar-refractivity contribution in [1.29, 1.82) is 0 Å². The predicted octanol–water partition coefficient (Wildman–Crippen LogP) is 4.44. The van der Waals surface area contributed by atoms with Crippen LogP contribution in [0.4, 0.5) is 5.69 Å². The minimum absolute atomic E-state index is 0.0107. The zero-order valence-electron chi connectivity index (χ0n) is 12.1. The molecule has 1 N–H and O–H groups in total. The molecule has 0 spiro atoms. The van der Waals surface area contributed by atoms with Crippen LogP contribution in [0.15, 0.2) is 35.7 Å². The number of nitrogens with zero attached hydrogens (tertiary/aromatic N) is 1. The van der Waals surface area contributed by atoms with Gasteiger partial charge in [0.2, 0.25) is 0 Å². The van der Waals surface area contributed by atoms with Crippen LogP contribution in [0.3, 0.4) is 0 Å². The van der Waals surface area contributed by atoms with Crippen molar-refractivity contribution in [3.8, 4) is 0 Å². The lowest BCUT2D eigenvalue weighted by Crippen LogP contribution is -2.31. The van der Waals surface area contributed by atoms with E-state index in [1.165, 1.54) is 29.5 Å². The third-order valence-corrected chi connectivity index (χ3v) is 4.39. The lowest BCUT2D eigenvalue weighted by Gasteiger charge is -2.21. The molecule has 0 aliphatic carbocycles. The van der Waals surface area contributed by atoms with Gasteiger partial charge < -0.3 is 5.32 Å². The van der Waals surface area contributed by atoms with Crippen LogP contribution in [0.25, 0.3) is 0 Å². The molecule has 0 aliphatic rings. The minimum atomic E-state index is -0.601. The zero-order valence-corrected chi connectivity index (χ0v) is 13.6. The van der Waals surface area contributed by atoms with Crippen molar-refractivity contribution in [2.75, 3.05) is 0 Å². The first kappa shape index (κ1) is 16.5. The number of nitro groups is 1. The van der Waals surface area contributed by atoms with Gasteiger partial charge in [-0.1, -0.05) is 31.5 Å². The molecule has 116 valence electrons. The molecule has 1 aromatic carbocycles. The Labute approximate surface area is 137 Å². The normalized spacial score (nSPS) is 12.2. The van der Waals surface area contributed by atoms with Gasteiger partial charge in [-0.05, 0) is 29.5 Å². The number of carbonyl (C=O) groups is 1. The highest BCUT2D eigenvalue weighted by Crippen LogP contribution is 2.28. The number of thiophene rings is 1. The zero-order chi connectivity index (χ0) is 16.3. The van der Waals surface area contributed by atoms with Gasteiger partial charge in [-0.15, -0.1) is 11.3 Å². The minimum Gasteiger partial charge on any atom is -0.344 e. The molecule has 0 unspecified atom stereocenters. The highest BCUT2D eigenvalue weighted by atomic mass is 35.5. The first-order valence-corrected chi connectivity index (χ1v) is 7.94. The van der Waals surface area contributed by atoms with Gasteiger partial charge in [-0.2, -0.15) is 0 Å². The lowest BCUT2D eigenvalue weighted by atomic mass is 10.0. The second-order valence-corrected chi connectivity index (χ2v) is 6.54. The Bertz CT molecular complexity index is 686. The van der Waals surface area contributed by atoms with Crippen LogP contribution in [-0.4, -0.2) is 10.8 Å². The summed E-state index contributed by atoms with van der Waals surface area (Å²) < 4.78 is 0. The number of benzene rings is 1. The quantitative estimate of drug-likeness (QED) is 0.647. The first-order chi connectivity index (χ1) is 10.4. The van der Waals surface area contributed by atoms with E-state index in [1.807, 2.05) is 31.4 Å². The predicted molar refractivity (Wildman–Crippen MR) is 87.5 cm³/mol. The van der Waals surface area contributed by atoms with Gasteiger partial charge in [0.05, 0.1) is 11.0 Å². The molecule has 22 heavy (non-hydrogen) atoms. The SMILES string of the molecule is CC(C)[C@H](NC(=O)c1ccc(Cl)cc1[N+](=O)[O-])c1cccs1. The molecule has 1 aromatic heterocycles. The van der Waals surface area contributed by atoms with Crippen molar-refractivity contribution in [3.63, 3.8) is 0 Å². The molecular weight excluding hydrogens is 324 g/mol. The number of hydrogen-bond donors (Lipinski definition) is 1. The Balaban J connectivity index is 2.30. The molecule has 0 saturated heterocycles. The maximum absolute atomic E-state index is 12.4. The van der Waals surface area contributed by atoms with E-state index < -0.39 is 10.8 Å². The van der Waals surface area contributed by atoms with Crippen LogP contribution < -0.4 is 5.32 Å². The molecule has 0 saturated carbocycles. The largest absolute Gasteiger partial charge is 0.344 e. The lowest BCUT2D eigenvalue weighted by molar-refractivity contribution is -0.385. The van der Waals surface area contributed by atoms with E-state index in [1.54, 1.807) is 0 Å². The fraction of sp³-hybridized carbons (Fsp3) is 0.267. The summed E-state index contributed by atoms with van der Waals surface area (Å²) in [5.74, 6) is -0.315. The van der Waals surface area contributed by atoms with E-state index in [4.69, 9.17) is 11.6 Å². The fourth-order valence-corrected chi connectivity index (χ4v) is 3.22. The van der Waals surface area contributed by atoms with E-state index in [9.17, 15) is 14.9 Å². The summed E-state index contributed by atoms with van der Waals surface area (Å²) in [6, 6.07) is 7.69. The van der Waals surface area contributed by atoms with E-state index in [0.717, 1.165) is 4.88 Å². The van der Waals surface area contributed by atoms with Crippen molar-refractivity contribution in [2.45, 2.75) is 19.9 Å². The molecule has 7 heteroatoms. The van der Waals surface area contributed by atoms with Crippen molar-refractivity contribution in [1.82, 2.24) is 5.32 Å². The van der Waals surface area contributed by atoms with Gasteiger partial charge in [-0.25, -0.2) is 0 Å². The summed E-state index contributed by atoms with van der Waals surface area (Å²) in [6.45, 7) is 3.97. The van der Waals surface area contributed by atoms with Crippen molar-refractivity contribution < 1.29 is 9.72 Å². The Kier molecular flexibility index (Phi) is 5.15. The number of rotatable bonds is 5. The highest BCUT2D eigenvalue weighted by Gasteiger charge is 2.25. The van der Waals surface area contributed by atoms with Gasteiger partial charge >= 0.3 is 0 Å². The van der Waals surface area contributed by atoms with E-state index in [-0.39, 0.29) is 28.2 Å². The molecular formula is C15H15ClN2O3S. The molecule has 1 atom stereocenters. The topological polar surface area (TPSA) is 72.2 Å². The summed E-state index contributed by atoms with van der Waals surface area (Å²) in [4.78, 5) is 23.9. The fourth-order valence-electron chi connectivity index (χ4n) is 2.10. The Morgan fingerprint density at radius 3 is 2.64 bits per heavy atom. The first-order valence-electron chi connectivity index (χ1n) is 6.68.